The molecule has 0 bridgehead atoms. The number of aliphatic hydroxyl groups is 3. The number of hydrogen-bond acceptors (Lipinski definition) is 8. The molecule has 0 fully saturated rings. The van der Waals surface area contributed by atoms with Crippen LogP contribution in [-0.2, 0) is 9.53 Å². The van der Waals surface area contributed by atoms with Gasteiger partial charge >= 0.3 is 5.97 Å². The maximum Gasteiger partial charge on any atom is 0.330 e. The van der Waals surface area contributed by atoms with Gasteiger partial charge in [0.15, 0.2) is 11.5 Å². The van der Waals surface area contributed by atoms with Crippen molar-refractivity contribution in [2.75, 3.05) is 25.8 Å². The Hall–Kier alpha value is 0.400. The SMILES string of the molecule is CCCSSSC(CO)(CO)C(=O)OCO. The molecule has 0 aromatic carbocycles. The maximum absolute atomic E-state index is 11.4. The molecular formula is C8H16O5S3. The highest BCUT2D eigenvalue weighted by Crippen LogP contribution is 2.44. The molecule has 0 aromatic rings. The first kappa shape index (κ1) is 16.4. The number of carbonyl (C=O) groups is 1. The molecule has 0 aliphatic carbocycles. The third-order valence-corrected chi connectivity index (χ3v) is 6.52. The molecule has 16 heavy (non-hydrogen) atoms. The van der Waals surface area contributed by atoms with Crippen LogP contribution in [0.15, 0.2) is 0 Å². The molecule has 0 unspecified atom stereocenters. The van der Waals surface area contributed by atoms with Crippen LogP contribution in [-0.4, -0.2) is 51.8 Å². The standard InChI is InChI=1S/C8H16O5S3/c1-2-3-14-16-15-8(4-9,5-10)7(12)13-6-11/h9-11H,2-6H2,1H3. The Balaban J connectivity index is 4.26. The van der Waals surface area contributed by atoms with E-state index in [-0.39, 0.29) is 0 Å². The lowest BCUT2D eigenvalue weighted by Crippen LogP contribution is -2.43. The second-order valence-electron chi connectivity index (χ2n) is 2.84. The molecular weight excluding hydrogens is 272 g/mol. The Bertz CT molecular complexity index is 198. The van der Waals surface area contributed by atoms with Crippen molar-refractivity contribution in [3.8, 4) is 0 Å². The van der Waals surface area contributed by atoms with Crippen LogP contribution < -0.4 is 0 Å². The smallest absolute Gasteiger partial charge is 0.330 e. The van der Waals surface area contributed by atoms with E-state index in [2.05, 4.69) is 4.74 Å². The molecule has 8 heteroatoms. The molecule has 0 radical (unpaired) electrons. The van der Waals surface area contributed by atoms with Gasteiger partial charge < -0.3 is 20.1 Å². The van der Waals surface area contributed by atoms with Crippen molar-refractivity contribution in [1.29, 1.82) is 0 Å². The number of rotatable bonds is 9. The predicted octanol–water partition coefficient (Wildman–Crippen LogP) is 0.642. The third-order valence-electron chi connectivity index (χ3n) is 1.61. The summed E-state index contributed by atoms with van der Waals surface area (Å²) in [5.41, 5.74) is 0. The Kier molecular flexibility index (Phi) is 9.67. The van der Waals surface area contributed by atoms with Crippen molar-refractivity contribution in [2.24, 2.45) is 0 Å². The molecule has 0 aliphatic rings. The lowest BCUT2D eigenvalue weighted by atomic mass is 10.2. The van der Waals surface area contributed by atoms with Gasteiger partial charge in [0.1, 0.15) is 0 Å². The van der Waals surface area contributed by atoms with Crippen LogP contribution in [0.4, 0.5) is 0 Å². The fourth-order valence-corrected chi connectivity index (χ4v) is 5.29. The third kappa shape index (κ3) is 5.15. The average molecular weight is 288 g/mol. The maximum atomic E-state index is 11.4. The highest BCUT2D eigenvalue weighted by atomic mass is 33.5. The minimum absolute atomic E-state index is 0.535. The molecule has 0 rings (SSSR count). The first-order valence-electron chi connectivity index (χ1n) is 4.64. The second-order valence-corrected chi connectivity index (χ2v) is 7.41. The zero-order valence-corrected chi connectivity index (χ0v) is 11.4. The van der Waals surface area contributed by atoms with Gasteiger partial charge in [0, 0.05) is 5.75 Å². The molecule has 96 valence electrons. The highest BCUT2D eigenvalue weighted by molar-refractivity contribution is 9.09. The van der Waals surface area contributed by atoms with Crippen molar-refractivity contribution >= 4 is 37.4 Å². The first-order valence-corrected chi connectivity index (χ1v) is 8.29. The molecule has 0 saturated carbocycles. The van der Waals surface area contributed by atoms with E-state index in [4.69, 9.17) is 15.3 Å². The minimum Gasteiger partial charge on any atom is -0.437 e. The number of hydrogen-bond donors (Lipinski definition) is 3. The van der Waals surface area contributed by atoms with Crippen LogP contribution in [0.3, 0.4) is 0 Å². The summed E-state index contributed by atoms with van der Waals surface area (Å²) in [7, 11) is 3.90. The monoisotopic (exact) mass is 288 g/mol. The van der Waals surface area contributed by atoms with Gasteiger partial charge in [-0.15, -0.1) is 0 Å². The number of aliphatic hydroxyl groups excluding tert-OH is 3. The summed E-state index contributed by atoms with van der Waals surface area (Å²) in [5, 5.41) is 26.8. The van der Waals surface area contributed by atoms with E-state index in [9.17, 15) is 4.79 Å². The van der Waals surface area contributed by atoms with Crippen molar-refractivity contribution in [3.63, 3.8) is 0 Å². The van der Waals surface area contributed by atoms with Crippen molar-refractivity contribution in [1.82, 2.24) is 0 Å². The lowest BCUT2D eigenvalue weighted by Gasteiger charge is -2.24. The van der Waals surface area contributed by atoms with E-state index < -0.39 is 30.7 Å². The van der Waals surface area contributed by atoms with Gasteiger partial charge in [0.05, 0.1) is 13.2 Å². The minimum atomic E-state index is -1.41. The van der Waals surface area contributed by atoms with Crippen molar-refractivity contribution in [2.45, 2.75) is 18.1 Å². The summed E-state index contributed by atoms with van der Waals surface area (Å²) in [4.78, 5) is 11.4. The van der Waals surface area contributed by atoms with E-state index in [1.165, 1.54) is 20.6 Å². The van der Waals surface area contributed by atoms with Crippen LogP contribution in [0.2, 0.25) is 0 Å². The van der Waals surface area contributed by atoms with Crippen LogP contribution in [0, 0.1) is 0 Å². The molecule has 0 aromatic heterocycles. The van der Waals surface area contributed by atoms with Gasteiger partial charge in [0.2, 0.25) is 0 Å². The van der Waals surface area contributed by atoms with E-state index in [0.29, 0.717) is 0 Å². The van der Waals surface area contributed by atoms with Gasteiger partial charge in [-0.25, -0.2) is 0 Å². The van der Waals surface area contributed by atoms with Crippen molar-refractivity contribution in [3.05, 3.63) is 0 Å². The fourth-order valence-electron chi connectivity index (χ4n) is 0.663. The van der Waals surface area contributed by atoms with Gasteiger partial charge in [0.25, 0.3) is 0 Å². The van der Waals surface area contributed by atoms with Crippen molar-refractivity contribution < 1.29 is 24.9 Å². The summed E-state index contributed by atoms with van der Waals surface area (Å²) in [6.45, 7) is 0.205. The Morgan fingerprint density at radius 1 is 1.31 bits per heavy atom. The molecule has 3 N–H and O–H groups in total. The fraction of sp³-hybridized carbons (Fsp3) is 0.875. The van der Waals surface area contributed by atoms with E-state index in [1.807, 2.05) is 6.92 Å². The summed E-state index contributed by atoms with van der Waals surface area (Å²) in [5.74, 6) is 0.106. The zero-order valence-electron chi connectivity index (χ0n) is 8.92. The summed E-state index contributed by atoms with van der Waals surface area (Å²) >= 11 is 0. The highest BCUT2D eigenvalue weighted by Gasteiger charge is 2.40. The van der Waals surface area contributed by atoms with Gasteiger partial charge in [-0.3, -0.25) is 4.79 Å². The molecule has 0 spiro atoms. The van der Waals surface area contributed by atoms with Crippen LogP contribution >= 0.6 is 31.4 Å². The summed E-state index contributed by atoms with van der Waals surface area (Å²) in [6, 6.07) is 0. The van der Waals surface area contributed by atoms with E-state index in [1.54, 1.807) is 0 Å². The quantitative estimate of drug-likeness (QED) is 0.247. The zero-order chi connectivity index (χ0) is 12.4. The predicted molar refractivity (Wildman–Crippen MR) is 68.0 cm³/mol. The molecule has 0 atom stereocenters. The first-order chi connectivity index (χ1) is 7.66. The lowest BCUT2D eigenvalue weighted by molar-refractivity contribution is -0.157. The number of ether oxygens (including phenoxy) is 1. The Labute approximate surface area is 106 Å². The largest absolute Gasteiger partial charge is 0.437 e. The van der Waals surface area contributed by atoms with Crippen LogP contribution in [0.25, 0.3) is 0 Å². The number of esters is 1. The molecule has 5 nitrogen and oxygen atoms in total. The number of carbonyl (C=O) groups excluding carboxylic acids is 1. The molecule has 0 amide bonds. The Morgan fingerprint density at radius 2 is 1.94 bits per heavy atom. The van der Waals surface area contributed by atoms with Crippen LogP contribution in [0.5, 0.6) is 0 Å². The molecule has 0 saturated heterocycles. The van der Waals surface area contributed by atoms with Gasteiger partial charge in [-0.2, -0.15) is 0 Å². The summed E-state index contributed by atoms with van der Waals surface area (Å²) < 4.78 is 2.99. The topological polar surface area (TPSA) is 87.0 Å². The summed E-state index contributed by atoms with van der Waals surface area (Å²) in [6.07, 6.45) is 1.00. The average Bonchev–Trinajstić information content (AvgIpc) is 2.30. The second kappa shape index (κ2) is 9.43. The van der Waals surface area contributed by atoms with Gasteiger partial charge in [-0.1, -0.05) is 28.5 Å². The Morgan fingerprint density at radius 3 is 2.38 bits per heavy atom. The van der Waals surface area contributed by atoms with E-state index in [0.717, 1.165) is 23.0 Å². The molecule has 0 aliphatic heterocycles. The van der Waals surface area contributed by atoms with Crippen LogP contribution in [0.1, 0.15) is 13.3 Å². The van der Waals surface area contributed by atoms with E-state index >= 15 is 0 Å². The normalized spacial score (nSPS) is 11.5. The van der Waals surface area contributed by atoms with Gasteiger partial charge in [-0.05, 0) is 16.2 Å². The molecule has 0 heterocycles.